The number of rotatable bonds is 1. The minimum absolute atomic E-state index is 0.450. The molecule has 5 nitrogen and oxygen atoms in total. The number of halogens is 1. The lowest BCUT2D eigenvalue weighted by molar-refractivity contribution is 0.846. The molecule has 66 valence electrons. The molecule has 2 aromatic heterocycles. The summed E-state index contributed by atoms with van der Waals surface area (Å²) in [4.78, 5) is 7.81. The number of nitrogens with zero attached hydrogens (tertiary/aromatic N) is 4. The Hall–Kier alpha value is -1.62. The molecule has 0 aliphatic heterocycles. The first-order chi connectivity index (χ1) is 6.27. The van der Waals surface area contributed by atoms with Gasteiger partial charge in [0, 0.05) is 0 Å². The third-order valence-electron chi connectivity index (χ3n) is 1.48. The Morgan fingerprint density at radius 3 is 2.92 bits per heavy atom. The van der Waals surface area contributed by atoms with E-state index in [1.165, 1.54) is 23.5 Å². The van der Waals surface area contributed by atoms with Crippen LogP contribution in [0.5, 0.6) is 0 Å². The van der Waals surface area contributed by atoms with Gasteiger partial charge >= 0.3 is 0 Å². The summed E-state index contributed by atoms with van der Waals surface area (Å²) < 4.78 is 1.47. The highest BCUT2D eigenvalue weighted by Gasteiger charge is 2.04. The fraction of sp³-hybridized carbons (Fsp3) is 0. The van der Waals surface area contributed by atoms with Crippen molar-refractivity contribution in [1.82, 2.24) is 19.7 Å². The van der Waals surface area contributed by atoms with Crippen LogP contribution >= 0.6 is 11.6 Å². The Morgan fingerprint density at radius 2 is 2.31 bits per heavy atom. The molecule has 2 aromatic rings. The van der Waals surface area contributed by atoms with E-state index in [0.29, 0.717) is 16.5 Å². The highest BCUT2D eigenvalue weighted by atomic mass is 35.5. The third-order valence-corrected chi connectivity index (χ3v) is 1.76. The highest BCUT2D eigenvalue weighted by Crippen LogP contribution is 2.18. The van der Waals surface area contributed by atoms with E-state index < -0.39 is 0 Å². The molecule has 0 aliphatic carbocycles. The molecule has 0 amide bonds. The van der Waals surface area contributed by atoms with Gasteiger partial charge in [0.1, 0.15) is 12.7 Å². The van der Waals surface area contributed by atoms with E-state index in [0.717, 1.165) is 0 Å². The molecule has 0 saturated heterocycles. The van der Waals surface area contributed by atoms with Gasteiger partial charge in [0.05, 0.1) is 16.9 Å². The van der Waals surface area contributed by atoms with Crippen molar-refractivity contribution in [2.24, 2.45) is 0 Å². The first-order valence-corrected chi connectivity index (χ1v) is 3.91. The van der Waals surface area contributed by atoms with Gasteiger partial charge in [-0.05, 0) is 6.07 Å². The van der Waals surface area contributed by atoms with E-state index in [1.807, 2.05) is 0 Å². The number of hydrogen-bond acceptors (Lipinski definition) is 4. The van der Waals surface area contributed by atoms with Crippen LogP contribution < -0.4 is 5.73 Å². The van der Waals surface area contributed by atoms with E-state index >= 15 is 0 Å². The number of pyridine rings is 1. The molecule has 0 bridgehead atoms. The van der Waals surface area contributed by atoms with Crippen molar-refractivity contribution in [1.29, 1.82) is 0 Å². The van der Waals surface area contributed by atoms with Crippen molar-refractivity contribution in [3.05, 3.63) is 29.9 Å². The Kier molecular flexibility index (Phi) is 1.86. The summed E-state index contributed by atoms with van der Waals surface area (Å²) in [6, 6.07) is 1.62. The summed E-state index contributed by atoms with van der Waals surface area (Å²) in [6.45, 7) is 0. The monoisotopic (exact) mass is 195 g/mol. The average molecular weight is 196 g/mol. The lowest BCUT2D eigenvalue weighted by atomic mass is 10.4. The highest BCUT2D eigenvalue weighted by molar-refractivity contribution is 6.32. The van der Waals surface area contributed by atoms with Crippen LogP contribution in [0.2, 0.25) is 5.02 Å². The summed E-state index contributed by atoms with van der Waals surface area (Å²) in [6.07, 6.45) is 4.45. The molecule has 0 saturated carbocycles. The molecular weight excluding hydrogens is 190 g/mol. The molecule has 13 heavy (non-hydrogen) atoms. The first kappa shape index (κ1) is 8.00. The minimum Gasteiger partial charge on any atom is -0.397 e. The molecule has 6 heteroatoms. The standard InChI is InChI=1S/C7H6ClN5/c8-6-1-5(9)2-11-7(6)13-4-10-3-12-13/h1-4H,9H2. The quantitative estimate of drug-likeness (QED) is 0.734. The van der Waals surface area contributed by atoms with Gasteiger partial charge in [-0.3, -0.25) is 0 Å². The van der Waals surface area contributed by atoms with Crippen LogP contribution in [0.1, 0.15) is 0 Å². The van der Waals surface area contributed by atoms with Gasteiger partial charge in [-0.15, -0.1) is 0 Å². The number of nitrogen functional groups attached to an aromatic ring is 1. The van der Waals surface area contributed by atoms with Gasteiger partial charge in [-0.1, -0.05) is 11.6 Å². The van der Waals surface area contributed by atoms with Crippen LogP contribution in [0.15, 0.2) is 24.9 Å². The fourth-order valence-electron chi connectivity index (χ4n) is 0.932. The number of hydrogen-bond donors (Lipinski definition) is 1. The lowest BCUT2D eigenvalue weighted by Crippen LogP contribution is -1.99. The second-order valence-electron chi connectivity index (χ2n) is 2.41. The van der Waals surface area contributed by atoms with Gasteiger partial charge in [0.2, 0.25) is 0 Å². The normalized spacial score (nSPS) is 10.2. The van der Waals surface area contributed by atoms with Crippen molar-refractivity contribution in [2.75, 3.05) is 5.73 Å². The summed E-state index contributed by atoms with van der Waals surface area (Å²) in [7, 11) is 0. The predicted octanol–water partition coefficient (Wildman–Crippen LogP) is 0.898. The molecule has 0 aliphatic rings. The molecule has 0 aromatic carbocycles. The Balaban J connectivity index is 2.53. The number of anilines is 1. The zero-order chi connectivity index (χ0) is 9.26. The zero-order valence-electron chi connectivity index (χ0n) is 6.55. The van der Waals surface area contributed by atoms with E-state index in [-0.39, 0.29) is 0 Å². The van der Waals surface area contributed by atoms with Gasteiger partial charge in [0.25, 0.3) is 0 Å². The summed E-state index contributed by atoms with van der Waals surface area (Å²) >= 11 is 5.89. The largest absolute Gasteiger partial charge is 0.397 e. The Morgan fingerprint density at radius 1 is 1.46 bits per heavy atom. The maximum atomic E-state index is 5.89. The maximum absolute atomic E-state index is 5.89. The zero-order valence-corrected chi connectivity index (χ0v) is 7.31. The molecule has 0 atom stereocenters. The molecule has 0 fully saturated rings. The van der Waals surface area contributed by atoms with Crippen molar-refractivity contribution in [3.63, 3.8) is 0 Å². The molecule has 0 radical (unpaired) electrons. The first-order valence-electron chi connectivity index (χ1n) is 3.53. The molecule has 2 N–H and O–H groups in total. The fourth-order valence-corrected chi connectivity index (χ4v) is 1.19. The maximum Gasteiger partial charge on any atom is 0.174 e. The second kappa shape index (κ2) is 3.02. The molecular formula is C7H6ClN5. The Labute approximate surface area is 79.2 Å². The second-order valence-corrected chi connectivity index (χ2v) is 2.82. The summed E-state index contributed by atoms with van der Waals surface area (Å²) in [5.41, 5.74) is 6.01. The van der Waals surface area contributed by atoms with Crippen LogP contribution in [0.3, 0.4) is 0 Å². The SMILES string of the molecule is Nc1cnc(-n2cncn2)c(Cl)c1. The molecule has 0 spiro atoms. The molecule has 2 rings (SSSR count). The lowest BCUT2D eigenvalue weighted by Gasteiger charge is -2.01. The summed E-state index contributed by atoms with van der Waals surface area (Å²) in [5, 5.41) is 4.34. The van der Waals surface area contributed by atoms with Gasteiger partial charge < -0.3 is 5.73 Å². The van der Waals surface area contributed by atoms with E-state index in [9.17, 15) is 0 Å². The van der Waals surface area contributed by atoms with Crippen molar-refractivity contribution in [2.45, 2.75) is 0 Å². The van der Waals surface area contributed by atoms with Crippen LogP contribution in [0.4, 0.5) is 5.69 Å². The van der Waals surface area contributed by atoms with E-state index in [1.54, 1.807) is 6.07 Å². The van der Waals surface area contributed by atoms with Crippen LogP contribution in [0.25, 0.3) is 5.82 Å². The van der Waals surface area contributed by atoms with Gasteiger partial charge in [-0.2, -0.15) is 5.10 Å². The van der Waals surface area contributed by atoms with Crippen LogP contribution in [-0.4, -0.2) is 19.7 Å². The molecule has 2 heterocycles. The van der Waals surface area contributed by atoms with Gasteiger partial charge in [-0.25, -0.2) is 14.6 Å². The topological polar surface area (TPSA) is 69.6 Å². The number of nitrogens with two attached hydrogens (primary N) is 1. The third kappa shape index (κ3) is 1.46. The summed E-state index contributed by atoms with van der Waals surface area (Å²) in [5.74, 6) is 0.522. The van der Waals surface area contributed by atoms with Gasteiger partial charge in [0.15, 0.2) is 5.82 Å². The smallest absolute Gasteiger partial charge is 0.174 e. The molecule has 0 unspecified atom stereocenters. The average Bonchev–Trinajstić information content (AvgIpc) is 2.56. The van der Waals surface area contributed by atoms with E-state index in [2.05, 4.69) is 15.1 Å². The Bertz CT molecular complexity index is 411. The van der Waals surface area contributed by atoms with Crippen molar-refractivity contribution >= 4 is 17.3 Å². The van der Waals surface area contributed by atoms with Crippen molar-refractivity contribution < 1.29 is 0 Å². The van der Waals surface area contributed by atoms with Crippen molar-refractivity contribution in [3.8, 4) is 5.82 Å². The van der Waals surface area contributed by atoms with Crippen LogP contribution in [0, 0.1) is 0 Å². The van der Waals surface area contributed by atoms with E-state index in [4.69, 9.17) is 17.3 Å². The predicted molar refractivity (Wildman–Crippen MR) is 48.6 cm³/mol. The van der Waals surface area contributed by atoms with Crippen LogP contribution in [-0.2, 0) is 0 Å². The minimum atomic E-state index is 0.450. The number of aromatic nitrogens is 4.